The Labute approximate surface area is 223 Å². The van der Waals surface area contributed by atoms with Crippen LogP contribution >= 0.6 is 0 Å². The Balaban J connectivity index is 1.54. The smallest absolute Gasteiger partial charge is 0.408 e. The Hall–Kier alpha value is -0.0452. The van der Waals surface area contributed by atoms with Crippen LogP contribution in [-0.2, 0) is 27.9 Å². The van der Waals surface area contributed by atoms with E-state index in [1.165, 1.54) is 0 Å². The summed E-state index contributed by atoms with van der Waals surface area (Å²) < 4.78 is 37.9. The molecule has 3 rings (SSSR count). The summed E-state index contributed by atoms with van der Waals surface area (Å²) in [6.07, 6.45) is 7.36. The highest BCUT2D eigenvalue weighted by Crippen LogP contribution is 2.42. The molecule has 7 atom stereocenters. The van der Waals surface area contributed by atoms with Crippen LogP contribution in [0.15, 0.2) is 0 Å². The summed E-state index contributed by atoms with van der Waals surface area (Å²) in [4.78, 5) is 0. The van der Waals surface area contributed by atoms with Crippen molar-refractivity contribution in [3.8, 4) is 0 Å². The molecule has 9 heteroatoms. The Kier molecular flexibility index (Phi) is 10.2. The van der Waals surface area contributed by atoms with E-state index in [2.05, 4.69) is 76.2 Å². The fourth-order valence-electron chi connectivity index (χ4n) is 6.35. The van der Waals surface area contributed by atoms with E-state index in [0.29, 0.717) is 11.6 Å². The predicted octanol–water partition coefficient (Wildman–Crippen LogP) is 6.97. The topological polar surface area (TPSA) is 55.4 Å². The summed E-state index contributed by atoms with van der Waals surface area (Å²) in [7, 11) is -0.489. The van der Waals surface area contributed by atoms with E-state index < -0.39 is 0 Å². The first-order valence-electron chi connectivity index (χ1n) is 14.6. The molecule has 3 aliphatic rings. The van der Waals surface area contributed by atoms with Gasteiger partial charge in [-0.3, -0.25) is 0 Å². The third kappa shape index (κ3) is 8.48. The van der Waals surface area contributed by atoms with Gasteiger partial charge in [-0.1, -0.05) is 27.7 Å². The zero-order valence-electron chi connectivity index (χ0n) is 25.1. The van der Waals surface area contributed by atoms with Crippen molar-refractivity contribution in [1.82, 2.24) is 0 Å². The monoisotopic (exact) mass is 506 g/mol. The lowest BCUT2D eigenvalue weighted by atomic mass is 9.64. The van der Waals surface area contributed by atoms with E-state index in [-0.39, 0.29) is 62.3 Å². The highest BCUT2D eigenvalue weighted by atomic mass is 16.6. The summed E-state index contributed by atoms with van der Waals surface area (Å²) in [5.74, 6) is 0.929. The van der Waals surface area contributed by atoms with Crippen molar-refractivity contribution in [2.75, 3.05) is 0 Å². The maximum atomic E-state index is 6.69. The van der Waals surface area contributed by atoms with Crippen molar-refractivity contribution in [3.63, 3.8) is 0 Å². The van der Waals surface area contributed by atoms with Crippen molar-refractivity contribution in [2.45, 2.75) is 174 Å². The van der Waals surface area contributed by atoms with Crippen LogP contribution in [0.4, 0.5) is 0 Å². The van der Waals surface area contributed by atoms with Crippen LogP contribution in [0.5, 0.6) is 0 Å². The predicted molar refractivity (Wildman–Crippen MR) is 149 cm³/mol. The molecule has 6 nitrogen and oxygen atoms in total. The summed E-state index contributed by atoms with van der Waals surface area (Å²) >= 11 is 0. The number of hydrogen-bond acceptors (Lipinski definition) is 6. The molecule has 0 amide bonds. The van der Waals surface area contributed by atoms with Gasteiger partial charge in [0.15, 0.2) is 0 Å². The minimum Gasteiger partial charge on any atom is -0.408 e. The van der Waals surface area contributed by atoms with Crippen molar-refractivity contribution < 1.29 is 27.9 Å². The van der Waals surface area contributed by atoms with E-state index in [0.717, 1.165) is 44.9 Å². The van der Waals surface area contributed by atoms with Gasteiger partial charge < -0.3 is 27.9 Å². The van der Waals surface area contributed by atoms with Crippen LogP contribution in [0.2, 0.25) is 17.5 Å². The van der Waals surface area contributed by atoms with Gasteiger partial charge in [0.25, 0.3) is 0 Å². The van der Waals surface area contributed by atoms with Gasteiger partial charge in [0, 0.05) is 24.7 Å². The summed E-state index contributed by atoms with van der Waals surface area (Å²) in [6, 6.07) is 0. The Bertz CT molecular complexity index is 701. The normalized spacial score (nSPS) is 37.3. The van der Waals surface area contributed by atoms with Gasteiger partial charge in [-0.25, -0.2) is 0 Å². The molecule has 36 heavy (non-hydrogen) atoms. The van der Waals surface area contributed by atoms with Gasteiger partial charge in [0.1, 0.15) is 0 Å². The Morgan fingerprint density at radius 3 is 1.75 bits per heavy atom. The van der Waals surface area contributed by atoms with Crippen molar-refractivity contribution >= 4 is 21.4 Å². The van der Waals surface area contributed by atoms with Gasteiger partial charge in [-0.15, -0.1) is 0 Å². The molecule has 3 aliphatic heterocycles. The van der Waals surface area contributed by atoms with Crippen LogP contribution < -0.4 is 0 Å². The molecule has 0 aromatic rings. The maximum Gasteiger partial charge on any atom is 0.460 e. The zero-order valence-corrected chi connectivity index (χ0v) is 25.1. The molecule has 0 radical (unpaired) electrons. The molecule has 0 N–H and O–H groups in total. The lowest BCUT2D eigenvalue weighted by Crippen LogP contribution is -2.54. The SMILES string of the molecule is CC1CC(C)OB(C(C)CCC2(C)CC(C)OB(C(C)CCC3(C)CC(C)(C)OB(C(C)C)O3)O2)O1. The highest BCUT2D eigenvalue weighted by molar-refractivity contribution is 6.47. The molecule has 3 heterocycles. The summed E-state index contributed by atoms with van der Waals surface area (Å²) in [5.41, 5.74) is -0.604. The molecular weight excluding hydrogens is 453 g/mol. The number of hydrogen-bond donors (Lipinski definition) is 0. The fraction of sp³-hybridized carbons (Fsp3) is 1.00. The number of rotatable bonds is 9. The average molecular weight is 506 g/mol. The molecule has 0 saturated carbocycles. The molecule has 0 aromatic heterocycles. The lowest BCUT2D eigenvalue weighted by molar-refractivity contribution is -0.0931. The van der Waals surface area contributed by atoms with E-state index in [9.17, 15) is 0 Å². The minimum absolute atomic E-state index is 0.126. The largest absolute Gasteiger partial charge is 0.460 e. The fourth-order valence-corrected chi connectivity index (χ4v) is 6.35. The molecule has 7 unspecified atom stereocenters. The van der Waals surface area contributed by atoms with Gasteiger partial charge in [0.2, 0.25) is 0 Å². The first-order chi connectivity index (χ1) is 16.6. The van der Waals surface area contributed by atoms with Crippen molar-refractivity contribution in [3.05, 3.63) is 0 Å². The average Bonchev–Trinajstić information content (AvgIpc) is 2.73. The molecule has 3 fully saturated rings. The molecule has 0 bridgehead atoms. The summed E-state index contributed by atoms with van der Waals surface area (Å²) in [5, 5.41) is 0. The van der Waals surface area contributed by atoms with Crippen LogP contribution in [-0.4, -0.2) is 56.5 Å². The van der Waals surface area contributed by atoms with Gasteiger partial charge in [0.05, 0.1) is 16.8 Å². The third-order valence-corrected chi connectivity index (χ3v) is 8.25. The molecule has 0 spiro atoms. The standard InChI is InChI=1S/C27H53B3O6/c1-19(2)28-34-25(8,9)18-27(11,36-28)15-13-21(4)30-33-24(7)17-26(10,35-30)14-12-20(3)29-31-22(5)16-23(6)32-29/h19-24H,12-18H2,1-11H3. The maximum absolute atomic E-state index is 6.69. The van der Waals surface area contributed by atoms with E-state index in [4.69, 9.17) is 27.9 Å². The van der Waals surface area contributed by atoms with Crippen LogP contribution in [0.3, 0.4) is 0 Å². The highest BCUT2D eigenvalue weighted by Gasteiger charge is 2.48. The first-order valence-corrected chi connectivity index (χ1v) is 14.6. The zero-order chi connectivity index (χ0) is 26.9. The molecule has 206 valence electrons. The molecule has 0 aromatic carbocycles. The van der Waals surface area contributed by atoms with Gasteiger partial charge in [-0.05, 0) is 104 Å². The van der Waals surface area contributed by atoms with Crippen molar-refractivity contribution in [2.24, 2.45) is 0 Å². The van der Waals surface area contributed by atoms with E-state index in [1.807, 2.05) is 0 Å². The van der Waals surface area contributed by atoms with Gasteiger partial charge >= 0.3 is 21.4 Å². The molecular formula is C27H53B3O6. The third-order valence-electron chi connectivity index (χ3n) is 8.25. The Morgan fingerprint density at radius 1 is 0.667 bits per heavy atom. The summed E-state index contributed by atoms with van der Waals surface area (Å²) in [6.45, 7) is 24.1. The minimum atomic E-state index is -0.210. The van der Waals surface area contributed by atoms with Gasteiger partial charge in [-0.2, -0.15) is 0 Å². The van der Waals surface area contributed by atoms with Crippen LogP contribution in [0.1, 0.15) is 121 Å². The van der Waals surface area contributed by atoms with Crippen LogP contribution in [0.25, 0.3) is 0 Å². The van der Waals surface area contributed by atoms with Crippen LogP contribution in [0, 0.1) is 0 Å². The van der Waals surface area contributed by atoms with E-state index >= 15 is 0 Å². The lowest BCUT2D eigenvalue weighted by Gasteiger charge is -2.48. The van der Waals surface area contributed by atoms with Crippen molar-refractivity contribution in [1.29, 1.82) is 0 Å². The van der Waals surface area contributed by atoms with E-state index in [1.54, 1.807) is 0 Å². The first kappa shape index (κ1) is 30.5. The second-order valence-electron chi connectivity index (χ2n) is 13.9. The second-order valence-corrected chi connectivity index (χ2v) is 13.9. The Morgan fingerprint density at radius 2 is 1.17 bits per heavy atom. The molecule has 3 saturated heterocycles. The quantitative estimate of drug-likeness (QED) is 0.315. The molecule has 0 aliphatic carbocycles. The second kappa shape index (κ2) is 12.0.